The van der Waals surface area contributed by atoms with Crippen molar-refractivity contribution in [1.82, 2.24) is 9.88 Å². The first kappa shape index (κ1) is 18.2. The number of carbonyl (C=O) groups is 2. The summed E-state index contributed by atoms with van der Waals surface area (Å²) in [6.45, 7) is 0.760. The molecule has 2 aromatic heterocycles. The summed E-state index contributed by atoms with van der Waals surface area (Å²) >= 11 is 1.36. The molecule has 28 heavy (non-hydrogen) atoms. The van der Waals surface area contributed by atoms with Gasteiger partial charge in [-0.2, -0.15) is 0 Å². The van der Waals surface area contributed by atoms with E-state index in [0.717, 1.165) is 17.0 Å². The number of benzene rings is 1. The fourth-order valence-corrected chi connectivity index (χ4v) is 3.85. The van der Waals surface area contributed by atoms with Gasteiger partial charge in [0.15, 0.2) is 5.13 Å². The van der Waals surface area contributed by atoms with Crippen LogP contribution >= 0.6 is 11.3 Å². The molecule has 1 fully saturated rings. The number of amides is 2. The Morgan fingerprint density at radius 2 is 2.18 bits per heavy atom. The predicted molar refractivity (Wildman–Crippen MR) is 105 cm³/mol. The second-order valence-electron chi connectivity index (χ2n) is 6.51. The van der Waals surface area contributed by atoms with Gasteiger partial charge in [-0.25, -0.2) is 4.98 Å². The van der Waals surface area contributed by atoms with Crippen LogP contribution in [0.5, 0.6) is 5.75 Å². The van der Waals surface area contributed by atoms with Gasteiger partial charge in [0.05, 0.1) is 31.5 Å². The Kier molecular flexibility index (Phi) is 5.12. The third kappa shape index (κ3) is 3.91. The maximum Gasteiger partial charge on any atom is 0.231 e. The molecule has 0 saturated carbocycles. The number of likely N-dealkylation sites (tertiary alicyclic amines) is 1. The molecule has 0 unspecified atom stereocenters. The van der Waals surface area contributed by atoms with E-state index < -0.39 is 5.92 Å². The first-order chi connectivity index (χ1) is 13.6. The van der Waals surface area contributed by atoms with Crippen LogP contribution in [0, 0.1) is 5.92 Å². The first-order valence-corrected chi connectivity index (χ1v) is 9.71. The standard InChI is InChI=1S/C20H19N3O4S/c1-26-15-6-4-13(5-7-15)17-12-28-20(21-17)22-19(25)14-9-18(24)23(10-14)11-16-3-2-8-27-16/h2-8,12,14H,9-11H2,1H3,(H,21,22,25)/t14-/m0/s1. The van der Waals surface area contributed by atoms with Crippen molar-refractivity contribution in [1.29, 1.82) is 0 Å². The van der Waals surface area contributed by atoms with E-state index in [2.05, 4.69) is 10.3 Å². The van der Waals surface area contributed by atoms with Gasteiger partial charge in [-0.3, -0.25) is 9.59 Å². The lowest BCUT2D eigenvalue weighted by atomic mass is 10.1. The molecular weight excluding hydrogens is 378 g/mol. The van der Waals surface area contributed by atoms with Crippen LogP contribution in [0.4, 0.5) is 5.13 Å². The Morgan fingerprint density at radius 1 is 1.36 bits per heavy atom. The topological polar surface area (TPSA) is 84.7 Å². The Bertz CT molecular complexity index is 966. The average Bonchev–Trinajstić information content (AvgIpc) is 3.45. The van der Waals surface area contributed by atoms with Gasteiger partial charge in [0.1, 0.15) is 11.5 Å². The average molecular weight is 397 g/mol. The summed E-state index contributed by atoms with van der Waals surface area (Å²) < 4.78 is 10.4. The molecule has 3 heterocycles. The van der Waals surface area contributed by atoms with Crippen LogP contribution in [0.25, 0.3) is 11.3 Å². The van der Waals surface area contributed by atoms with Crippen LogP contribution in [0.2, 0.25) is 0 Å². The fourth-order valence-electron chi connectivity index (χ4n) is 3.12. The monoisotopic (exact) mass is 397 g/mol. The van der Waals surface area contributed by atoms with Crippen molar-refractivity contribution in [3.05, 3.63) is 53.8 Å². The van der Waals surface area contributed by atoms with Gasteiger partial charge in [0.25, 0.3) is 0 Å². The van der Waals surface area contributed by atoms with Gasteiger partial charge in [-0.05, 0) is 36.4 Å². The predicted octanol–water partition coefficient (Wildman–Crippen LogP) is 3.40. The van der Waals surface area contributed by atoms with Crippen molar-refractivity contribution in [3.8, 4) is 17.0 Å². The maximum atomic E-state index is 12.6. The second-order valence-corrected chi connectivity index (χ2v) is 7.37. The van der Waals surface area contributed by atoms with Crippen molar-refractivity contribution in [2.45, 2.75) is 13.0 Å². The summed E-state index contributed by atoms with van der Waals surface area (Å²) in [6.07, 6.45) is 1.77. The zero-order valence-electron chi connectivity index (χ0n) is 15.3. The molecule has 1 saturated heterocycles. The maximum absolute atomic E-state index is 12.6. The van der Waals surface area contributed by atoms with Gasteiger partial charge < -0.3 is 19.4 Å². The van der Waals surface area contributed by atoms with E-state index >= 15 is 0 Å². The number of aromatic nitrogens is 1. The quantitative estimate of drug-likeness (QED) is 0.689. The van der Waals surface area contributed by atoms with Crippen LogP contribution in [0.15, 0.2) is 52.5 Å². The molecular formula is C20H19N3O4S. The van der Waals surface area contributed by atoms with E-state index in [1.165, 1.54) is 11.3 Å². The number of methoxy groups -OCH3 is 1. The molecule has 8 heteroatoms. The van der Waals surface area contributed by atoms with Gasteiger partial charge >= 0.3 is 0 Å². The number of ether oxygens (including phenoxy) is 1. The number of nitrogens with one attached hydrogen (secondary N) is 1. The molecule has 1 aliphatic rings. The van der Waals surface area contributed by atoms with Crippen molar-refractivity contribution in [2.24, 2.45) is 5.92 Å². The number of hydrogen-bond donors (Lipinski definition) is 1. The van der Waals surface area contributed by atoms with E-state index in [-0.39, 0.29) is 18.2 Å². The number of rotatable bonds is 6. The van der Waals surface area contributed by atoms with Crippen LogP contribution in [0.1, 0.15) is 12.2 Å². The van der Waals surface area contributed by atoms with Crippen LogP contribution in [0.3, 0.4) is 0 Å². The Hall–Kier alpha value is -3.13. The Labute approximate surface area is 165 Å². The van der Waals surface area contributed by atoms with Crippen LogP contribution in [-0.2, 0) is 16.1 Å². The van der Waals surface area contributed by atoms with Crippen molar-refractivity contribution in [2.75, 3.05) is 19.0 Å². The molecule has 3 aromatic rings. The lowest BCUT2D eigenvalue weighted by Gasteiger charge is -2.14. The number of nitrogens with zero attached hydrogens (tertiary/aromatic N) is 2. The van der Waals surface area contributed by atoms with Crippen LogP contribution < -0.4 is 10.1 Å². The molecule has 2 amide bonds. The van der Waals surface area contributed by atoms with Crippen molar-refractivity contribution < 1.29 is 18.7 Å². The summed E-state index contributed by atoms with van der Waals surface area (Å²) in [7, 11) is 1.62. The zero-order chi connectivity index (χ0) is 19.5. The number of carbonyl (C=O) groups excluding carboxylic acids is 2. The summed E-state index contributed by atoms with van der Waals surface area (Å²) in [5, 5.41) is 5.25. The highest BCUT2D eigenvalue weighted by Gasteiger charge is 2.35. The van der Waals surface area contributed by atoms with Gasteiger partial charge in [-0.1, -0.05) is 0 Å². The Morgan fingerprint density at radius 3 is 2.89 bits per heavy atom. The molecule has 144 valence electrons. The lowest BCUT2D eigenvalue weighted by molar-refractivity contribution is -0.128. The first-order valence-electron chi connectivity index (χ1n) is 8.83. The smallest absolute Gasteiger partial charge is 0.231 e. The number of hydrogen-bond acceptors (Lipinski definition) is 6. The van der Waals surface area contributed by atoms with Crippen LogP contribution in [-0.4, -0.2) is 35.4 Å². The third-order valence-corrected chi connectivity index (χ3v) is 5.39. The third-order valence-electron chi connectivity index (χ3n) is 4.63. The van der Waals surface area contributed by atoms with Gasteiger partial charge in [-0.15, -0.1) is 11.3 Å². The van der Waals surface area contributed by atoms with Crippen molar-refractivity contribution >= 4 is 28.3 Å². The number of anilines is 1. The molecule has 4 rings (SSSR count). The molecule has 0 aliphatic carbocycles. The minimum atomic E-state index is -0.393. The summed E-state index contributed by atoms with van der Waals surface area (Å²) in [4.78, 5) is 30.9. The normalized spacial score (nSPS) is 16.4. The molecule has 0 bridgehead atoms. The summed E-state index contributed by atoms with van der Waals surface area (Å²) in [5.41, 5.74) is 1.73. The highest BCUT2D eigenvalue weighted by Crippen LogP contribution is 2.28. The fraction of sp³-hybridized carbons (Fsp3) is 0.250. The van der Waals surface area contributed by atoms with E-state index in [1.54, 1.807) is 24.3 Å². The molecule has 0 spiro atoms. The van der Waals surface area contributed by atoms with Gasteiger partial charge in [0, 0.05) is 23.9 Å². The number of thiazole rings is 1. The highest BCUT2D eigenvalue weighted by atomic mass is 32.1. The van der Waals surface area contributed by atoms with E-state index in [4.69, 9.17) is 9.15 Å². The van der Waals surface area contributed by atoms with E-state index in [9.17, 15) is 9.59 Å². The molecule has 7 nitrogen and oxygen atoms in total. The Balaban J connectivity index is 1.37. The SMILES string of the molecule is COc1ccc(-c2csc(NC(=O)[C@H]3CC(=O)N(Cc4ccco4)C3)n2)cc1. The molecule has 0 radical (unpaired) electrons. The molecule has 1 aliphatic heterocycles. The van der Waals surface area contributed by atoms with E-state index in [1.807, 2.05) is 35.7 Å². The van der Waals surface area contributed by atoms with Gasteiger partial charge in [0.2, 0.25) is 11.8 Å². The molecule has 1 atom stereocenters. The second kappa shape index (κ2) is 7.85. The zero-order valence-corrected chi connectivity index (χ0v) is 16.1. The number of furan rings is 1. The molecule has 1 N–H and O–H groups in total. The van der Waals surface area contributed by atoms with Crippen molar-refractivity contribution in [3.63, 3.8) is 0 Å². The largest absolute Gasteiger partial charge is 0.497 e. The van der Waals surface area contributed by atoms with E-state index in [0.29, 0.717) is 24.0 Å². The minimum Gasteiger partial charge on any atom is -0.497 e. The highest BCUT2D eigenvalue weighted by molar-refractivity contribution is 7.14. The minimum absolute atomic E-state index is 0.0467. The summed E-state index contributed by atoms with van der Waals surface area (Å²) in [5.74, 6) is 0.854. The lowest BCUT2D eigenvalue weighted by Crippen LogP contribution is -2.27. The summed E-state index contributed by atoms with van der Waals surface area (Å²) in [6, 6.07) is 11.2. The molecule has 1 aromatic carbocycles.